The third-order valence-electron chi connectivity index (χ3n) is 3.78. The second-order valence-corrected chi connectivity index (χ2v) is 5.63. The minimum Gasteiger partial charge on any atom is -0.492 e. The van der Waals surface area contributed by atoms with Crippen LogP contribution in [0.4, 0.5) is 0 Å². The second-order valence-electron chi connectivity index (χ2n) is 5.19. The van der Waals surface area contributed by atoms with Crippen molar-refractivity contribution in [1.29, 1.82) is 0 Å². The molecule has 0 aliphatic carbocycles. The number of ether oxygens (including phenoxy) is 1. The van der Waals surface area contributed by atoms with Crippen LogP contribution in [-0.2, 0) is 11.3 Å². The Hall–Kier alpha value is -2.00. The van der Waals surface area contributed by atoms with Crippen molar-refractivity contribution in [3.05, 3.63) is 64.2 Å². The summed E-state index contributed by atoms with van der Waals surface area (Å²) in [6.45, 7) is 2.88. The molecular weight excluding hydrogens is 286 g/mol. The summed E-state index contributed by atoms with van der Waals surface area (Å²) < 4.78 is 5.55. The molecule has 2 aromatic carbocycles. The summed E-state index contributed by atoms with van der Waals surface area (Å²) in [6.07, 6.45) is 0. The number of hydrogen-bond donors (Lipinski definition) is 1. The zero-order valence-electron chi connectivity index (χ0n) is 11.7. The number of hydrogen-bond acceptors (Lipinski definition) is 2. The number of carbonyl (C=O) groups is 1. The molecule has 1 heterocycles. The zero-order valence-corrected chi connectivity index (χ0v) is 12.5. The molecule has 0 aromatic heterocycles. The normalized spacial score (nSPS) is 16.2. The van der Waals surface area contributed by atoms with Gasteiger partial charge in [-0.05, 0) is 36.2 Å². The Balaban J connectivity index is 1.69. The molecule has 1 atom stereocenters. The Kier molecular flexibility index (Phi) is 3.84. The summed E-state index contributed by atoms with van der Waals surface area (Å²) in [7, 11) is 0. The molecule has 21 heavy (non-hydrogen) atoms. The zero-order chi connectivity index (χ0) is 14.8. The van der Waals surface area contributed by atoms with E-state index in [1.807, 2.05) is 49.4 Å². The average molecular weight is 302 g/mol. The van der Waals surface area contributed by atoms with Gasteiger partial charge in [-0.15, -0.1) is 0 Å². The Labute approximate surface area is 128 Å². The third-order valence-corrected chi connectivity index (χ3v) is 4.02. The van der Waals surface area contributed by atoms with Crippen molar-refractivity contribution >= 4 is 17.5 Å². The predicted octanol–water partition coefficient (Wildman–Crippen LogP) is 3.44. The van der Waals surface area contributed by atoms with Crippen molar-refractivity contribution < 1.29 is 9.53 Å². The number of carbonyl (C=O) groups excluding carboxylic acids is 1. The molecule has 0 saturated carbocycles. The van der Waals surface area contributed by atoms with Crippen molar-refractivity contribution in [1.82, 2.24) is 5.32 Å². The lowest BCUT2D eigenvalue weighted by Gasteiger charge is -2.12. The van der Waals surface area contributed by atoms with Gasteiger partial charge in [-0.3, -0.25) is 4.79 Å². The van der Waals surface area contributed by atoms with Crippen LogP contribution >= 0.6 is 11.6 Å². The fourth-order valence-corrected chi connectivity index (χ4v) is 2.71. The number of fused-ring (bicyclic) bond motifs is 1. The third kappa shape index (κ3) is 2.88. The van der Waals surface area contributed by atoms with Crippen LogP contribution in [-0.4, -0.2) is 12.5 Å². The van der Waals surface area contributed by atoms with Crippen molar-refractivity contribution in [3.8, 4) is 5.75 Å². The van der Waals surface area contributed by atoms with E-state index in [0.717, 1.165) is 22.4 Å². The van der Waals surface area contributed by atoms with Gasteiger partial charge in [-0.25, -0.2) is 0 Å². The molecule has 2 aromatic rings. The lowest BCUT2D eigenvalue weighted by molar-refractivity contribution is -0.122. The molecule has 108 valence electrons. The Bertz CT molecular complexity index is 684. The first-order valence-electron chi connectivity index (χ1n) is 6.89. The molecule has 4 heteroatoms. The topological polar surface area (TPSA) is 38.3 Å². The molecule has 0 saturated heterocycles. The Morgan fingerprint density at radius 2 is 2.14 bits per heavy atom. The molecule has 1 amide bonds. The van der Waals surface area contributed by atoms with E-state index >= 15 is 0 Å². The lowest BCUT2D eigenvalue weighted by atomic mass is 10.0. The standard InChI is InChI=1S/C17H16ClNO2/c1-11-6-7-13(18)8-12(11)9-19-17(20)15-10-21-16-5-3-2-4-14(15)16/h2-8,15H,9-10H2,1H3,(H,19,20). The second kappa shape index (κ2) is 5.78. The summed E-state index contributed by atoms with van der Waals surface area (Å²) in [5, 5.41) is 3.65. The van der Waals surface area contributed by atoms with E-state index in [1.165, 1.54) is 0 Å². The highest BCUT2D eigenvalue weighted by Crippen LogP contribution is 2.33. The maximum absolute atomic E-state index is 12.4. The van der Waals surface area contributed by atoms with Crippen molar-refractivity contribution in [2.45, 2.75) is 19.4 Å². The number of rotatable bonds is 3. The predicted molar refractivity (Wildman–Crippen MR) is 82.7 cm³/mol. The van der Waals surface area contributed by atoms with Gasteiger partial charge in [0.2, 0.25) is 5.91 Å². The molecular formula is C17H16ClNO2. The minimum absolute atomic E-state index is 0.0145. The van der Waals surface area contributed by atoms with Gasteiger partial charge >= 0.3 is 0 Å². The van der Waals surface area contributed by atoms with E-state index in [1.54, 1.807) is 0 Å². The first-order chi connectivity index (χ1) is 10.1. The van der Waals surface area contributed by atoms with Gasteiger partial charge in [-0.1, -0.05) is 35.9 Å². The number of benzene rings is 2. The van der Waals surface area contributed by atoms with Crippen LogP contribution in [0.2, 0.25) is 5.02 Å². The molecule has 1 unspecified atom stereocenters. The van der Waals surface area contributed by atoms with Crippen LogP contribution in [0, 0.1) is 6.92 Å². The first-order valence-corrected chi connectivity index (χ1v) is 7.27. The van der Waals surface area contributed by atoms with Crippen molar-refractivity contribution in [3.63, 3.8) is 0 Å². The Morgan fingerprint density at radius 1 is 1.33 bits per heavy atom. The monoisotopic (exact) mass is 301 g/mol. The van der Waals surface area contributed by atoms with Crippen molar-refractivity contribution in [2.24, 2.45) is 0 Å². The minimum atomic E-state index is -0.235. The van der Waals surface area contributed by atoms with Crippen LogP contribution in [0.5, 0.6) is 5.75 Å². The molecule has 0 fully saturated rings. The number of nitrogens with one attached hydrogen (secondary N) is 1. The van der Waals surface area contributed by atoms with Gasteiger partial charge in [0.15, 0.2) is 0 Å². The lowest BCUT2D eigenvalue weighted by Crippen LogP contribution is -2.30. The van der Waals surface area contributed by atoms with E-state index in [9.17, 15) is 4.79 Å². The van der Waals surface area contributed by atoms with Crippen LogP contribution in [0.1, 0.15) is 22.6 Å². The van der Waals surface area contributed by atoms with E-state index < -0.39 is 0 Å². The number of halogens is 1. The molecule has 1 aliphatic rings. The van der Waals surface area contributed by atoms with Crippen LogP contribution in [0.3, 0.4) is 0 Å². The van der Waals surface area contributed by atoms with E-state index in [-0.39, 0.29) is 11.8 Å². The van der Waals surface area contributed by atoms with Gasteiger partial charge < -0.3 is 10.1 Å². The highest BCUT2D eigenvalue weighted by molar-refractivity contribution is 6.30. The summed E-state index contributed by atoms with van der Waals surface area (Å²) >= 11 is 5.99. The molecule has 1 N–H and O–H groups in total. The quantitative estimate of drug-likeness (QED) is 0.943. The maximum Gasteiger partial charge on any atom is 0.231 e. The van der Waals surface area contributed by atoms with E-state index in [0.29, 0.717) is 18.2 Å². The Morgan fingerprint density at radius 3 is 3.00 bits per heavy atom. The van der Waals surface area contributed by atoms with Crippen LogP contribution < -0.4 is 10.1 Å². The van der Waals surface area contributed by atoms with E-state index in [2.05, 4.69) is 5.32 Å². The average Bonchev–Trinajstić information content (AvgIpc) is 2.92. The van der Waals surface area contributed by atoms with Gasteiger partial charge in [0, 0.05) is 17.1 Å². The van der Waals surface area contributed by atoms with Gasteiger partial charge in [0.1, 0.15) is 18.3 Å². The summed E-state index contributed by atoms with van der Waals surface area (Å²) in [4.78, 5) is 12.4. The van der Waals surface area contributed by atoms with Crippen LogP contribution in [0.25, 0.3) is 0 Å². The van der Waals surface area contributed by atoms with Crippen molar-refractivity contribution in [2.75, 3.05) is 6.61 Å². The van der Waals surface area contributed by atoms with Gasteiger partial charge in [0.25, 0.3) is 0 Å². The SMILES string of the molecule is Cc1ccc(Cl)cc1CNC(=O)C1COc2ccccc21. The number of aryl methyl sites for hydroxylation is 1. The first kappa shape index (κ1) is 14.0. The number of para-hydroxylation sites is 1. The molecule has 0 spiro atoms. The molecule has 3 rings (SSSR count). The smallest absolute Gasteiger partial charge is 0.231 e. The largest absolute Gasteiger partial charge is 0.492 e. The van der Waals surface area contributed by atoms with Gasteiger partial charge in [-0.2, -0.15) is 0 Å². The molecule has 3 nitrogen and oxygen atoms in total. The fourth-order valence-electron chi connectivity index (χ4n) is 2.52. The maximum atomic E-state index is 12.4. The van der Waals surface area contributed by atoms with E-state index in [4.69, 9.17) is 16.3 Å². The number of amides is 1. The van der Waals surface area contributed by atoms with Crippen LogP contribution in [0.15, 0.2) is 42.5 Å². The molecule has 1 aliphatic heterocycles. The summed E-state index contributed by atoms with van der Waals surface area (Å²) in [6, 6.07) is 13.4. The summed E-state index contributed by atoms with van der Waals surface area (Å²) in [5.74, 6) is 0.552. The fraction of sp³-hybridized carbons (Fsp3) is 0.235. The van der Waals surface area contributed by atoms with Gasteiger partial charge in [0.05, 0.1) is 0 Å². The highest BCUT2D eigenvalue weighted by Gasteiger charge is 2.29. The highest BCUT2D eigenvalue weighted by atomic mass is 35.5. The molecule has 0 bridgehead atoms. The molecule has 0 radical (unpaired) electrons. The summed E-state index contributed by atoms with van der Waals surface area (Å²) in [5.41, 5.74) is 3.10.